The van der Waals surface area contributed by atoms with Crippen molar-refractivity contribution >= 4 is 22.4 Å². The lowest BCUT2D eigenvalue weighted by molar-refractivity contribution is -0.137. The Morgan fingerprint density at radius 2 is 1.63 bits per heavy atom. The zero-order valence-electron chi connectivity index (χ0n) is 21.9. The fourth-order valence-electron chi connectivity index (χ4n) is 4.86. The number of halogens is 3. The minimum atomic E-state index is -4.50. The van der Waals surface area contributed by atoms with Crippen LogP contribution >= 0.6 is 0 Å². The minimum Gasteiger partial charge on any atom is -0.340 e. The number of hydrogen-bond donors (Lipinski definition) is 1. The third-order valence-corrected chi connectivity index (χ3v) is 6.96. The number of piperidine rings is 1. The van der Waals surface area contributed by atoms with E-state index in [2.05, 4.69) is 48.1 Å². The first-order valence-corrected chi connectivity index (χ1v) is 13.0. The summed E-state index contributed by atoms with van der Waals surface area (Å²) < 4.78 is 41.1. The summed E-state index contributed by atoms with van der Waals surface area (Å²) in [7, 11) is 0. The monoisotopic (exact) mass is 519 g/mol. The van der Waals surface area contributed by atoms with Gasteiger partial charge in [-0.2, -0.15) is 13.2 Å². The van der Waals surface area contributed by atoms with Gasteiger partial charge in [-0.05, 0) is 73.3 Å². The largest absolute Gasteiger partial charge is 0.418 e. The van der Waals surface area contributed by atoms with Crippen molar-refractivity contribution in [3.8, 4) is 11.3 Å². The van der Waals surface area contributed by atoms with Gasteiger partial charge in [-0.15, -0.1) is 0 Å². The number of nitrogens with zero attached hydrogens (tertiary/aromatic N) is 4. The molecule has 2 aromatic carbocycles. The number of rotatable bonds is 5. The van der Waals surface area contributed by atoms with Gasteiger partial charge >= 0.3 is 6.18 Å². The molecular formula is C30H32F3N5. The van der Waals surface area contributed by atoms with Gasteiger partial charge in [-0.1, -0.05) is 45.4 Å². The van der Waals surface area contributed by atoms with Crippen LogP contribution in [0.2, 0.25) is 0 Å². The van der Waals surface area contributed by atoms with E-state index in [1.807, 2.05) is 12.1 Å². The topological polar surface area (TPSA) is 53.9 Å². The zero-order chi connectivity index (χ0) is 26.9. The lowest BCUT2D eigenvalue weighted by Crippen LogP contribution is -2.30. The van der Waals surface area contributed by atoms with Gasteiger partial charge in [-0.3, -0.25) is 9.88 Å². The Hall–Kier alpha value is -3.52. The van der Waals surface area contributed by atoms with Crippen molar-refractivity contribution in [3.63, 3.8) is 0 Å². The number of benzene rings is 2. The minimum absolute atomic E-state index is 0.0406. The predicted molar refractivity (Wildman–Crippen MR) is 145 cm³/mol. The first-order valence-electron chi connectivity index (χ1n) is 13.0. The highest BCUT2D eigenvalue weighted by Gasteiger charge is 2.34. The molecule has 8 heteroatoms. The molecule has 1 aliphatic rings. The molecule has 0 amide bonds. The highest BCUT2D eigenvalue weighted by atomic mass is 19.4. The summed E-state index contributed by atoms with van der Waals surface area (Å²) in [5.41, 5.74) is 2.23. The molecule has 3 heterocycles. The Labute approximate surface area is 221 Å². The zero-order valence-corrected chi connectivity index (χ0v) is 21.9. The van der Waals surface area contributed by atoms with Crippen molar-refractivity contribution in [2.24, 2.45) is 0 Å². The second-order valence-electron chi connectivity index (χ2n) is 10.9. The van der Waals surface area contributed by atoms with E-state index >= 15 is 0 Å². The summed E-state index contributed by atoms with van der Waals surface area (Å²) in [4.78, 5) is 16.1. The standard InChI is InChI=1S/C30H32F3N5/c1-29(2,3)21-10-12-22(13-11-21)35-28-23-14-9-20(27-24(30(31,32)33)8-7-15-34-27)18-25(23)36-26(37-28)19-38-16-5-4-6-17-38/h7-15,18H,4-6,16-17,19H2,1-3H3,(H,35,36,37). The SMILES string of the molecule is CC(C)(C)c1ccc(Nc2nc(CN3CCCCC3)nc3cc(-c4ncccc4C(F)(F)F)ccc23)cc1. The van der Waals surface area contributed by atoms with E-state index in [0.717, 1.165) is 43.1 Å². The summed E-state index contributed by atoms with van der Waals surface area (Å²) in [6.07, 6.45) is 0.382. The predicted octanol–water partition coefficient (Wildman–Crippen LogP) is 7.74. The number of fused-ring (bicyclic) bond motifs is 1. The van der Waals surface area contributed by atoms with Crippen LogP contribution in [-0.2, 0) is 18.1 Å². The van der Waals surface area contributed by atoms with E-state index in [9.17, 15) is 13.2 Å². The molecular weight excluding hydrogens is 487 g/mol. The summed E-state index contributed by atoms with van der Waals surface area (Å²) >= 11 is 0. The summed E-state index contributed by atoms with van der Waals surface area (Å²) in [6.45, 7) is 9.08. The normalized spacial score (nSPS) is 15.1. The fourth-order valence-corrected chi connectivity index (χ4v) is 4.86. The van der Waals surface area contributed by atoms with Crippen LogP contribution < -0.4 is 5.32 Å². The molecule has 5 rings (SSSR count). The highest BCUT2D eigenvalue weighted by molar-refractivity contribution is 5.93. The van der Waals surface area contributed by atoms with Crippen LogP contribution in [0.4, 0.5) is 24.7 Å². The molecule has 4 aromatic rings. The van der Waals surface area contributed by atoms with Gasteiger partial charge in [0, 0.05) is 22.8 Å². The van der Waals surface area contributed by atoms with Gasteiger partial charge in [-0.25, -0.2) is 9.97 Å². The Bertz CT molecular complexity index is 1420. The van der Waals surface area contributed by atoms with Crippen LogP contribution in [0.25, 0.3) is 22.2 Å². The van der Waals surface area contributed by atoms with Gasteiger partial charge in [0.1, 0.15) is 11.6 Å². The van der Waals surface area contributed by atoms with E-state index in [-0.39, 0.29) is 11.1 Å². The van der Waals surface area contributed by atoms with Gasteiger partial charge in [0.05, 0.1) is 23.3 Å². The number of hydrogen-bond acceptors (Lipinski definition) is 5. The van der Waals surface area contributed by atoms with E-state index in [4.69, 9.17) is 9.97 Å². The maximum atomic E-state index is 13.7. The molecule has 38 heavy (non-hydrogen) atoms. The average Bonchev–Trinajstić information content (AvgIpc) is 2.88. The maximum Gasteiger partial charge on any atom is 0.418 e. The van der Waals surface area contributed by atoms with Crippen molar-refractivity contribution in [2.45, 2.75) is 58.2 Å². The molecule has 198 valence electrons. The molecule has 1 saturated heterocycles. The van der Waals surface area contributed by atoms with Crippen LogP contribution in [0.5, 0.6) is 0 Å². The van der Waals surface area contributed by atoms with Crippen LogP contribution in [0, 0.1) is 0 Å². The molecule has 1 fully saturated rings. The number of aromatic nitrogens is 3. The molecule has 0 radical (unpaired) electrons. The molecule has 0 atom stereocenters. The van der Waals surface area contributed by atoms with Crippen molar-refractivity contribution in [1.82, 2.24) is 19.9 Å². The summed E-state index contributed by atoms with van der Waals surface area (Å²) in [6, 6.07) is 15.7. The number of likely N-dealkylation sites (tertiary alicyclic amines) is 1. The smallest absolute Gasteiger partial charge is 0.340 e. The molecule has 0 aliphatic carbocycles. The van der Waals surface area contributed by atoms with Crippen molar-refractivity contribution in [3.05, 3.63) is 77.7 Å². The van der Waals surface area contributed by atoms with Gasteiger partial charge < -0.3 is 5.32 Å². The Morgan fingerprint density at radius 1 is 0.895 bits per heavy atom. The third kappa shape index (κ3) is 5.80. The highest BCUT2D eigenvalue weighted by Crippen LogP contribution is 2.37. The quantitative estimate of drug-likeness (QED) is 0.292. The van der Waals surface area contributed by atoms with E-state index in [0.29, 0.717) is 29.3 Å². The third-order valence-electron chi connectivity index (χ3n) is 6.96. The number of alkyl halides is 3. The van der Waals surface area contributed by atoms with Gasteiger partial charge in [0.2, 0.25) is 0 Å². The maximum absolute atomic E-state index is 13.7. The fraction of sp³-hybridized carbons (Fsp3) is 0.367. The van der Waals surface area contributed by atoms with E-state index in [1.54, 1.807) is 18.2 Å². The molecule has 0 saturated carbocycles. The van der Waals surface area contributed by atoms with E-state index in [1.165, 1.54) is 24.2 Å². The van der Waals surface area contributed by atoms with Crippen molar-refractivity contribution in [1.29, 1.82) is 0 Å². The van der Waals surface area contributed by atoms with Crippen molar-refractivity contribution in [2.75, 3.05) is 18.4 Å². The van der Waals surface area contributed by atoms with Crippen LogP contribution in [0.1, 0.15) is 57.0 Å². The van der Waals surface area contributed by atoms with Crippen LogP contribution in [0.3, 0.4) is 0 Å². The van der Waals surface area contributed by atoms with Gasteiger partial charge in [0.15, 0.2) is 0 Å². The second-order valence-corrected chi connectivity index (χ2v) is 10.9. The first kappa shape index (κ1) is 26.1. The second kappa shape index (κ2) is 10.3. The van der Waals surface area contributed by atoms with Crippen LogP contribution in [0.15, 0.2) is 60.8 Å². The van der Waals surface area contributed by atoms with Crippen LogP contribution in [-0.4, -0.2) is 32.9 Å². The first-order chi connectivity index (χ1) is 18.1. The summed E-state index contributed by atoms with van der Waals surface area (Å²) in [5.74, 6) is 1.27. The lowest BCUT2D eigenvalue weighted by Gasteiger charge is -2.26. The lowest BCUT2D eigenvalue weighted by atomic mass is 9.87. The number of anilines is 2. The number of nitrogens with one attached hydrogen (secondary N) is 1. The Kier molecular flexibility index (Phi) is 7.09. The van der Waals surface area contributed by atoms with E-state index < -0.39 is 11.7 Å². The summed E-state index contributed by atoms with van der Waals surface area (Å²) in [5, 5.41) is 4.17. The number of pyridine rings is 1. The Balaban J connectivity index is 1.57. The molecule has 1 N–H and O–H groups in total. The van der Waals surface area contributed by atoms with Crippen molar-refractivity contribution < 1.29 is 13.2 Å². The Morgan fingerprint density at radius 3 is 2.32 bits per heavy atom. The van der Waals surface area contributed by atoms with Gasteiger partial charge in [0.25, 0.3) is 0 Å². The molecule has 1 aliphatic heterocycles. The molecule has 0 bridgehead atoms. The average molecular weight is 520 g/mol. The molecule has 5 nitrogen and oxygen atoms in total. The molecule has 2 aromatic heterocycles. The molecule has 0 unspecified atom stereocenters. The molecule has 0 spiro atoms.